The Kier molecular flexibility index (Phi) is 19.2. The zero-order chi connectivity index (χ0) is 44.1. The topological polar surface area (TPSA) is 78.9 Å². The van der Waals surface area contributed by atoms with Gasteiger partial charge in [-0.3, -0.25) is 8.97 Å². The van der Waals surface area contributed by atoms with Crippen molar-refractivity contribution < 1.29 is 37.6 Å². The molecule has 0 aliphatic heterocycles. The molecule has 0 atom stereocenters. The molecule has 0 radical (unpaired) electrons. The van der Waals surface area contributed by atoms with Gasteiger partial charge < -0.3 is 14.2 Å². The highest BCUT2D eigenvalue weighted by molar-refractivity contribution is 7.13. The molecule has 8 nitrogen and oxygen atoms in total. The molecule has 2 heterocycles. The molecule has 0 amide bonds. The molecule has 0 saturated heterocycles. The number of esters is 1. The van der Waals surface area contributed by atoms with Crippen molar-refractivity contribution in [2.24, 2.45) is 0 Å². The molecule has 0 bridgehead atoms. The summed E-state index contributed by atoms with van der Waals surface area (Å²) in [7, 11) is 12.4. The van der Waals surface area contributed by atoms with Gasteiger partial charge in [0.15, 0.2) is 0 Å². The second-order valence-corrected chi connectivity index (χ2v) is 17.5. The molecule has 0 spiro atoms. The normalized spacial score (nSPS) is 10.0. The number of ether oxygens (including phenoxy) is 3. The van der Waals surface area contributed by atoms with Crippen molar-refractivity contribution in [3.63, 3.8) is 0 Å². The van der Waals surface area contributed by atoms with Crippen LogP contribution < -0.4 is 9.47 Å². The number of quaternary nitrogens is 2. The van der Waals surface area contributed by atoms with Gasteiger partial charge >= 0.3 is 12.1 Å². The lowest BCUT2D eigenvalue weighted by molar-refractivity contribution is -0.886. The van der Waals surface area contributed by atoms with Crippen molar-refractivity contribution >= 4 is 34.8 Å². The number of hydrogen-bond acceptors (Lipinski definition) is 8. The van der Waals surface area contributed by atoms with Crippen LogP contribution in [0.5, 0.6) is 11.5 Å². The first kappa shape index (κ1) is 48.0. The van der Waals surface area contributed by atoms with Gasteiger partial charge in [0.25, 0.3) is 0 Å². The smallest absolute Gasteiger partial charge is 0.373 e. The van der Waals surface area contributed by atoms with Gasteiger partial charge in [0.05, 0.1) is 80.2 Å². The number of hydrogen-bond donors (Lipinski definition) is 0. The molecule has 308 valence electrons. The van der Waals surface area contributed by atoms with Crippen LogP contribution in [0, 0.1) is 54.3 Å². The predicted molar refractivity (Wildman–Crippen MR) is 241 cm³/mol. The fourth-order valence-corrected chi connectivity index (χ4v) is 6.19. The summed E-state index contributed by atoms with van der Waals surface area (Å²) in [5.41, 5.74) is 5.28. The summed E-state index contributed by atoms with van der Waals surface area (Å²) in [5.74, 6) is 26.4. The molecule has 0 aliphatic carbocycles. The lowest BCUT2D eigenvalue weighted by Gasteiger charge is -2.25. The second kappa shape index (κ2) is 23.9. The van der Waals surface area contributed by atoms with E-state index in [9.17, 15) is 4.79 Å². The minimum absolute atomic E-state index is 0.250. The Morgan fingerprint density at radius 3 is 1.48 bits per heavy atom. The van der Waals surface area contributed by atoms with Gasteiger partial charge in [-0.25, -0.2) is 4.79 Å². The number of nitrogens with zero attached hydrogens (tertiary/aromatic N) is 2. The molecule has 3 aromatic carbocycles. The van der Waals surface area contributed by atoms with Crippen LogP contribution in [-0.2, 0) is 20.7 Å². The van der Waals surface area contributed by atoms with Crippen LogP contribution in [0.4, 0.5) is 0 Å². The Bertz CT molecular complexity index is 2480. The molecule has 0 N–H and O–H groups in total. The Morgan fingerprint density at radius 1 is 0.600 bits per heavy atom. The number of carbonyl (C=O) groups excluding carboxylic acids is 3. The summed E-state index contributed by atoms with van der Waals surface area (Å²) in [5, 5.41) is 0. The molecule has 0 aliphatic rings. The van der Waals surface area contributed by atoms with Crippen molar-refractivity contribution in [3.05, 3.63) is 138 Å². The number of carbonyl (C=O) groups is 1. The second-order valence-electron chi connectivity index (χ2n) is 15.1. The van der Waals surface area contributed by atoms with Gasteiger partial charge in [-0.2, -0.15) is 9.59 Å². The molecule has 60 heavy (non-hydrogen) atoms. The average molecular weight is 841 g/mol. The Labute approximate surface area is 363 Å². The molecule has 0 unspecified atom stereocenters. The van der Waals surface area contributed by atoms with Crippen LogP contribution in [0.15, 0.2) is 84.9 Å². The van der Waals surface area contributed by atoms with E-state index < -0.39 is 0 Å². The molecule has 2 aromatic heterocycles. The third kappa shape index (κ3) is 17.7. The van der Waals surface area contributed by atoms with Crippen molar-refractivity contribution in [3.8, 4) is 58.9 Å². The van der Waals surface area contributed by atoms with Crippen LogP contribution in [0.2, 0.25) is 0 Å². The standard InChI is InChI=1S/C34H38N2O4S.C15H14S.CO2/c1-9-11-28-22-33(40-25-36(6,7)8)29(23-32(28)39-24-35(3,4)5)17-19-31-21-20-30(41-31)18-14-26-12-15-27(16-13-26)34(37)38-10-2;1-3-13-5-7-14(8-6-13)9-11-15-10-4-12(2)16-15;2-1-3/h12-13,15-16,20-23H,10,24-25H2,1-8H3;4-8,10H,3H2,1-2H3;/q+2;;. The van der Waals surface area contributed by atoms with Crippen molar-refractivity contribution in [2.75, 3.05) is 62.4 Å². The number of aryl methyl sites for hydroxylation is 2. The Morgan fingerprint density at radius 2 is 1.05 bits per heavy atom. The van der Waals surface area contributed by atoms with Gasteiger partial charge in [0, 0.05) is 28.1 Å². The molecular formula is C50H52N2O6S2+2. The van der Waals surface area contributed by atoms with Gasteiger partial charge in [-0.05, 0) is 93.4 Å². The summed E-state index contributed by atoms with van der Waals surface area (Å²) in [6.45, 7) is 9.17. The maximum absolute atomic E-state index is 11.8. The van der Waals surface area contributed by atoms with Gasteiger partial charge in [0.1, 0.15) is 11.5 Å². The molecule has 10 heteroatoms. The molecule has 5 rings (SSSR count). The third-order valence-electron chi connectivity index (χ3n) is 7.64. The lowest BCUT2D eigenvalue weighted by atomic mass is 10.1. The molecule has 0 saturated carbocycles. The van der Waals surface area contributed by atoms with Crippen LogP contribution in [0.1, 0.15) is 78.5 Å². The predicted octanol–water partition coefficient (Wildman–Crippen LogP) is 8.62. The molecule has 5 aromatic rings. The minimum atomic E-state index is -0.334. The Balaban J connectivity index is 0.000000416. The quantitative estimate of drug-likeness (QED) is 0.0641. The van der Waals surface area contributed by atoms with Crippen LogP contribution in [0.25, 0.3) is 0 Å². The summed E-state index contributed by atoms with van der Waals surface area (Å²) in [4.78, 5) is 32.3. The zero-order valence-corrected chi connectivity index (χ0v) is 37.7. The van der Waals surface area contributed by atoms with E-state index in [1.165, 1.54) is 21.8 Å². The highest BCUT2D eigenvalue weighted by atomic mass is 32.1. The highest BCUT2D eigenvalue weighted by Gasteiger charge is 2.16. The first-order valence-corrected chi connectivity index (χ1v) is 20.7. The first-order valence-electron chi connectivity index (χ1n) is 19.1. The summed E-state index contributed by atoms with van der Waals surface area (Å²) < 4.78 is 18.7. The van der Waals surface area contributed by atoms with Crippen molar-refractivity contribution in [1.29, 1.82) is 0 Å². The van der Waals surface area contributed by atoms with Crippen molar-refractivity contribution in [1.82, 2.24) is 0 Å². The van der Waals surface area contributed by atoms with Crippen molar-refractivity contribution in [2.45, 2.75) is 34.1 Å². The summed E-state index contributed by atoms with van der Waals surface area (Å²) in [6.07, 6.45) is 1.33. The van der Waals surface area contributed by atoms with E-state index in [1.807, 2.05) is 36.4 Å². The number of thiophene rings is 2. The summed E-state index contributed by atoms with van der Waals surface area (Å²) in [6, 6.07) is 27.5. The fourth-order valence-electron chi connectivity index (χ4n) is 4.75. The van der Waals surface area contributed by atoms with Gasteiger partial charge in [-0.1, -0.05) is 60.5 Å². The van der Waals surface area contributed by atoms with Gasteiger partial charge in [-0.15, -0.1) is 28.6 Å². The average Bonchev–Trinajstić information content (AvgIpc) is 3.86. The van der Waals surface area contributed by atoms with Crippen LogP contribution >= 0.6 is 22.7 Å². The summed E-state index contributed by atoms with van der Waals surface area (Å²) >= 11 is 3.26. The largest absolute Gasteiger partial charge is 0.462 e. The number of rotatable bonds is 9. The minimum Gasteiger partial charge on any atom is -0.462 e. The molecular weight excluding hydrogens is 789 g/mol. The maximum Gasteiger partial charge on any atom is 0.373 e. The number of benzene rings is 3. The van der Waals surface area contributed by atoms with E-state index in [2.05, 4.69) is 140 Å². The highest BCUT2D eigenvalue weighted by Crippen LogP contribution is 2.29. The van der Waals surface area contributed by atoms with E-state index in [-0.39, 0.29) is 12.1 Å². The van der Waals surface area contributed by atoms with E-state index >= 15 is 0 Å². The fraction of sp³-hybridized carbons (Fsp3) is 0.280. The zero-order valence-electron chi connectivity index (χ0n) is 36.1. The van der Waals surface area contributed by atoms with Crippen LogP contribution in [0.3, 0.4) is 0 Å². The first-order chi connectivity index (χ1) is 28.6. The Hall–Kier alpha value is -6.33. The maximum atomic E-state index is 11.8. The third-order valence-corrected chi connectivity index (χ3v) is 9.47. The lowest BCUT2D eigenvalue weighted by Crippen LogP contribution is -2.38. The van der Waals surface area contributed by atoms with E-state index in [0.717, 1.165) is 43.3 Å². The SMILES string of the molecule is CC#Cc1cc(OC[N+](C)(C)C)c(C#Cc2ccc(C#Cc3ccc(C(=O)OCC)cc3)s2)cc1OC[N+](C)(C)C.CCc1ccc(C#Cc2ccc(C)s2)cc1.O=C=O. The van der Waals surface area contributed by atoms with E-state index in [0.29, 0.717) is 46.1 Å². The van der Waals surface area contributed by atoms with Crippen LogP contribution in [-0.4, -0.2) is 83.4 Å². The monoisotopic (exact) mass is 840 g/mol. The molecule has 0 fully saturated rings. The van der Waals surface area contributed by atoms with Gasteiger partial charge in [0.2, 0.25) is 13.5 Å². The van der Waals surface area contributed by atoms with E-state index in [4.69, 9.17) is 23.8 Å². The van der Waals surface area contributed by atoms with E-state index in [1.54, 1.807) is 37.3 Å².